The molecule has 3 heteroatoms. The highest BCUT2D eigenvalue weighted by Crippen LogP contribution is 2.45. The van der Waals surface area contributed by atoms with Crippen LogP contribution in [-0.2, 0) is 0 Å². The highest BCUT2D eigenvalue weighted by Gasteiger charge is 2.39. The number of rotatable bonds is 5. The zero-order chi connectivity index (χ0) is 12.2. The molecule has 0 aromatic rings. The monoisotopic (exact) mass is 227 g/mol. The predicted molar refractivity (Wildman–Crippen MR) is 70.3 cm³/mol. The van der Waals surface area contributed by atoms with E-state index in [1.54, 1.807) is 0 Å². The lowest BCUT2D eigenvalue weighted by Gasteiger charge is -2.46. The van der Waals surface area contributed by atoms with Crippen LogP contribution >= 0.6 is 0 Å². The molecule has 5 N–H and O–H groups in total. The molecule has 0 aromatic carbocycles. The Balaban J connectivity index is 2.42. The Morgan fingerprint density at radius 1 is 1.25 bits per heavy atom. The van der Waals surface area contributed by atoms with Crippen LogP contribution in [0.2, 0.25) is 0 Å². The van der Waals surface area contributed by atoms with Gasteiger partial charge in [-0.2, -0.15) is 0 Å². The lowest BCUT2D eigenvalue weighted by molar-refractivity contribution is 0.0829. The van der Waals surface area contributed by atoms with Crippen molar-refractivity contribution in [1.82, 2.24) is 5.32 Å². The number of nitrogens with one attached hydrogen (secondary N) is 1. The minimum Gasteiger partial charge on any atom is -0.330 e. The van der Waals surface area contributed by atoms with Crippen molar-refractivity contribution >= 4 is 0 Å². The molecule has 2 atom stereocenters. The molecule has 0 aliphatic heterocycles. The van der Waals surface area contributed by atoms with E-state index in [9.17, 15) is 0 Å². The van der Waals surface area contributed by atoms with Gasteiger partial charge in [-0.25, -0.2) is 0 Å². The summed E-state index contributed by atoms with van der Waals surface area (Å²) in [6.45, 7) is 9.91. The number of hydrogen-bond donors (Lipinski definition) is 3. The molecule has 96 valence electrons. The molecule has 1 aliphatic carbocycles. The SMILES string of the molecule is CC1(C)CC(N)CC(C)(CNCCCN)C1. The third-order valence-electron chi connectivity index (χ3n) is 3.58. The zero-order valence-electron chi connectivity index (χ0n) is 11.2. The molecule has 2 unspecified atom stereocenters. The molecular formula is C13H29N3. The van der Waals surface area contributed by atoms with Gasteiger partial charge in [-0.1, -0.05) is 20.8 Å². The maximum Gasteiger partial charge on any atom is 0.00495 e. The zero-order valence-corrected chi connectivity index (χ0v) is 11.2. The molecule has 1 aliphatic rings. The molecule has 0 radical (unpaired) electrons. The van der Waals surface area contributed by atoms with Crippen molar-refractivity contribution < 1.29 is 0 Å². The highest BCUT2D eigenvalue weighted by atomic mass is 14.9. The van der Waals surface area contributed by atoms with E-state index in [1.807, 2.05) is 0 Å². The van der Waals surface area contributed by atoms with Gasteiger partial charge in [0, 0.05) is 12.6 Å². The summed E-state index contributed by atoms with van der Waals surface area (Å²) < 4.78 is 0. The first-order valence-corrected chi connectivity index (χ1v) is 6.53. The summed E-state index contributed by atoms with van der Waals surface area (Å²) >= 11 is 0. The van der Waals surface area contributed by atoms with Crippen molar-refractivity contribution in [2.75, 3.05) is 19.6 Å². The third kappa shape index (κ3) is 4.40. The minimum atomic E-state index is 0.357. The van der Waals surface area contributed by atoms with E-state index in [1.165, 1.54) is 6.42 Å². The molecule has 1 rings (SSSR count). The van der Waals surface area contributed by atoms with E-state index in [-0.39, 0.29) is 0 Å². The topological polar surface area (TPSA) is 64.1 Å². The van der Waals surface area contributed by atoms with Crippen LogP contribution in [0.25, 0.3) is 0 Å². The van der Waals surface area contributed by atoms with Gasteiger partial charge in [0.25, 0.3) is 0 Å². The largest absolute Gasteiger partial charge is 0.330 e. The molecule has 3 nitrogen and oxygen atoms in total. The quantitative estimate of drug-likeness (QED) is 0.623. The highest BCUT2D eigenvalue weighted by molar-refractivity contribution is 4.94. The second-order valence-electron chi connectivity index (χ2n) is 6.64. The lowest BCUT2D eigenvalue weighted by atomic mass is 9.63. The second kappa shape index (κ2) is 5.48. The maximum atomic E-state index is 6.17. The molecule has 0 bridgehead atoms. The second-order valence-corrected chi connectivity index (χ2v) is 6.64. The van der Waals surface area contributed by atoms with Gasteiger partial charge in [-0.3, -0.25) is 0 Å². The first kappa shape index (κ1) is 13.9. The summed E-state index contributed by atoms with van der Waals surface area (Å²) in [4.78, 5) is 0. The maximum absolute atomic E-state index is 6.17. The van der Waals surface area contributed by atoms with Gasteiger partial charge in [0.1, 0.15) is 0 Å². The van der Waals surface area contributed by atoms with Crippen molar-refractivity contribution in [3.8, 4) is 0 Å². The summed E-state index contributed by atoms with van der Waals surface area (Å²) in [5.74, 6) is 0. The van der Waals surface area contributed by atoms with Gasteiger partial charge in [-0.05, 0) is 49.6 Å². The van der Waals surface area contributed by atoms with Crippen LogP contribution in [-0.4, -0.2) is 25.7 Å². The summed E-state index contributed by atoms with van der Waals surface area (Å²) in [6.07, 6.45) is 4.63. The fourth-order valence-electron chi connectivity index (χ4n) is 3.47. The van der Waals surface area contributed by atoms with Crippen LogP contribution < -0.4 is 16.8 Å². The van der Waals surface area contributed by atoms with Crippen molar-refractivity contribution in [2.24, 2.45) is 22.3 Å². The van der Waals surface area contributed by atoms with Gasteiger partial charge in [-0.15, -0.1) is 0 Å². The van der Waals surface area contributed by atoms with E-state index in [4.69, 9.17) is 11.5 Å². The van der Waals surface area contributed by atoms with Gasteiger partial charge < -0.3 is 16.8 Å². The standard InChI is InChI=1S/C13H29N3/c1-12(2)7-11(15)8-13(3,9-12)10-16-6-4-5-14/h11,16H,4-10,14-15H2,1-3H3. The van der Waals surface area contributed by atoms with E-state index in [0.29, 0.717) is 16.9 Å². The van der Waals surface area contributed by atoms with Gasteiger partial charge in [0.2, 0.25) is 0 Å². The van der Waals surface area contributed by atoms with Crippen molar-refractivity contribution in [3.05, 3.63) is 0 Å². The normalized spacial score (nSPS) is 33.9. The first-order valence-electron chi connectivity index (χ1n) is 6.53. The smallest absolute Gasteiger partial charge is 0.00495 e. The fourth-order valence-corrected chi connectivity index (χ4v) is 3.47. The van der Waals surface area contributed by atoms with Crippen molar-refractivity contribution in [3.63, 3.8) is 0 Å². The summed E-state index contributed by atoms with van der Waals surface area (Å²) in [5.41, 5.74) is 12.4. The van der Waals surface area contributed by atoms with E-state index >= 15 is 0 Å². The van der Waals surface area contributed by atoms with Crippen LogP contribution in [0.5, 0.6) is 0 Å². The Labute approximate surface area is 100 Å². The van der Waals surface area contributed by atoms with Crippen LogP contribution in [0.3, 0.4) is 0 Å². The van der Waals surface area contributed by atoms with Crippen LogP contribution in [0.4, 0.5) is 0 Å². The molecule has 1 saturated carbocycles. The first-order chi connectivity index (χ1) is 7.37. The third-order valence-corrected chi connectivity index (χ3v) is 3.58. The van der Waals surface area contributed by atoms with Gasteiger partial charge in [0.05, 0.1) is 0 Å². The van der Waals surface area contributed by atoms with Gasteiger partial charge >= 0.3 is 0 Å². The molecule has 0 aromatic heterocycles. The molecule has 0 spiro atoms. The van der Waals surface area contributed by atoms with E-state index in [0.717, 1.165) is 38.9 Å². The Morgan fingerprint density at radius 2 is 1.94 bits per heavy atom. The van der Waals surface area contributed by atoms with Crippen LogP contribution in [0.1, 0.15) is 46.5 Å². The molecule has 0 amide bonds. The summed E-state index contributed by atoms with van der Waals surface area (Å²) in [7, 11) is 0. The van der Waals surface area contributed by atoms with E-state index < -0.39 is 0 Å². The van der Waals surface area contributed by atoms with Crippen LogP contribution in [0.15, 0.2) is 0 Å². The fraction of sp³-hybridized carbons (Fsp3) is 1.00. The Hall–Kier alpha value is -0.120. The average molecular weight is 227 g/mol. The Bertz CT molecular complexity index is 215. The van der Waals surface area contributed by atoms with E-state index in [2.05, 4.69) is 26.1 Å². The molecular weight excluding hydrogens is 198 g/mol. The molecule has 16 heavy (non-hydrogen) atoms. The van der Waals surface area contributed by atoms with Crippen LogP contribution in [0, 0.1) is 10.8 Å². The Kier molecular flexibility index (Phi) is 4.77. The minimum absolute atomic E-state index is 0.357. The Morgan fingerprint density at radius 3 is 2.50 bits per heavy atom. The number of hydrogen-bond acceptors (Lipinski definition) is 3. The predicted octanol–water partition coefficient (Wildman–Crippen LogP) is 1.47. The lowest BCUT2D eigenvalue weighted by Crippen LogP contribution is -2.46. The average Bonchev–Trinajstić information content (AvgIpc) is 2.08. The van der Waals surface area contributed by atoms with Crippen molar-refractivity contribution in [1.29, 1.82) is 0 Å². The number of nitrogens with two attached hydrogens (primary N) is 2. The molecule has 0 saturated heterocycles. The molecule has 1 fully saturated rings. The van der Waals surface area contributed by atoms with Gasteiger partial charge in [0.15, 0.2) is 0 Å². The van der Waals surface area contributed by atoms with Crippen molar-refractivity contribution in [2.45, 2.75) is 52.5 Å². The summed E-state index contributed by atoms with van der Waals surface area (Å²) in [5, 5.41) is 3.52. The molecule has 0 heterocycles. The summed E-state index contributed by atoms with van der Waals surface area (Å²) in [6, 6.07) is 0.366.